The van der Waals surface area contributed by atoms with Crippen molar-refractivity contribution in [3.8, 4) is 0 Å². The first-order valence-corrected chi connectivity index (χ1v) is 6.93. The van der Waals surface area contributed by atoms with Crippen molar-refractivity contribution in [2.24, 2.45) is 5.92 Å². The Labute approximate surface area is 84.6 Å². The summed E-state index contributed by atoms with van der Waals surface area (Å²) in [4.78, 5) is 0. The van der Waals surface area contributed by atoms with Gasteiger partial charge in [-0.1, -0.05) is 6.92 Å². The van der Waals surface area contributed by atoms with Gasteiger partial charge in [-0.15, -0.1) is 0 Å². The Morgan fingerprint density at radius 1 is 1.29 bits per heavy atom. The number of hydrogen-bond acceptors (Lipinski definition) is 4. The van der Waals surface area contributed by atoms with Crippen LogP contribution in [0, 0.1) is 5.92 Å². The average molecular weight is 219 g/mol. The SMILES string of the molecule is CC1CC(NC2CS(=O)(=O)CC2O)C1. The van der Waals surface area contributed by atoms with Gasteiger partial charge in [-0.3, -0.25) is 0 Å². The van der Waals surface area contributed by atoms with Crippen LogP contribution < -0.4 is 5.32 Å². The number of hydrogen-bond donors (Lipinski definition) is 2. The molecule has 2 unspecified atom stereocenters. The molecule has 4 nitrogen and oxygen atoms in total. The second-order valence-corrected chi connectivity index (χ2v) is 6.84. The zero-order valence-corrected chi connectivity index (χ0v) is 9.13. The quantitative estimate of drug-likeness (QED) is 0.659. The third-order valence-electron chi connectivity index (χ3n) is 3.15. The molecule has 0 aromatic heterocycles. The number of sulfone groups is 1. The summed E-state index contributed by atoms with van der Waals surface area (Å²) in [6.07, 6.45) is 1.49. The summed E-state index contributed by atoms with van der Waals surface area (Å²) in [6, 6.07) is 0.176. The molecule has 0 aromatic rings. The lowest BCUT2D eigenvalue weighted by Crippen LogP contribution is -2.50. The third kappa shape index (κ3) is 2.10. The Bertz CT molecular complexity index is 308. The maximum Gasteiger partial charge on any atom is 0.154 e. The van der Waals surface area contributed by atoms with Crippen molar-refractivity contribution >= 4 is 9.84 Å². The molecule has 0 spiro atoms. The summed E-state index contributed by atoms with van der Waals surface area (Å²) in [5.41, 5.74) is 0. The number of rotatable bonds is 2. The van der Waals surface area contributed by atoms with Gasteiger partial charge in [0.05, 0.1) is 17.6 Å². The summed E-state index contributed by atoms with van der Waals surface area (Å²) < 4.78 is 22.4. The minimum absolute atomic E-state index is 0.0764. The highest BCUT2D eigenvalue weighted by Crippen LogP contribution is 2.27. The molecule has 5 heteroatoms. The van der Waals surface area contributed by atoms with Crippen LogP contribution in [0.25, 0.3) is 0 Å². The highest BCUT2D eigenvalue weighted by Gasteiger charge is 2.39. The molecular weight excluding hydrogens is 202 g/mol. The van der Waals surface area contributed by atoms with Gasteiger partial charge in [0.2, 0.25) is 0 Å². The molecule has 1 aliphatic heterocycles. The molecule has 1 heterocycles. The van der Waals surface area contributed by atoms with E-state index in [1.807, 2.05) is 0 Å². The van der Waals surface area contributed by atoms with E-state index in [0.29, 0.717) is 6.04 Å². The van der Waals surface area contributed by atoms with Crippen molar-refractivity contribution in [2.75, 3.05) is 11.5 Å². The van der Waals surface area contributed by atoms with Crippen molar-refractivity contribution in [2.45, 2.75) is 38.0 Å². The minimum Gasteiger partial charge on any atom is -0.390 e. The highest BCUT2D eigenvalue weighted by atomic mass is 32.2. The third-order valence-corrected chi connectivity index (χ3v) is 4.86. The van der Waals surface area contributed by atoms with Crippen LogP contribution >= 0.6 is 0 Å². The van der Waals surface area contributed by atoms with Crippen molar-refractivity contribution < 1.29 is 13.5 Å². The van der Waals surface area contributed by atoms with Crippen LogP contribution in [0.1, 0.15) is 19.8 Å². The topological polar surface area (TPSA) is 66.4 Å². The predicted octanol–water partition coefficient (Wildman–Crippen LogP) is -0.468. The highest BCUT2D eigenvalue weighted by molar-refractivity contribution is 7.91. The molecule has 0 amide bonds. The summed E-state index contributed by atoms with van der Waals surface area (Å²) in [5.74, 6) is 0.758. The van der Waals surface area contributed by atoms with Crippen LogP contribution in [0.2, 0.25) is 0 Å². The van der Waals surface area contributed by atoms with Gasteiger partial charge in [0.15, 0.2) is 9.84 Å². The van der Waals surface area contributed by atoms with E-state index in [9.17, 15) is 13.5 Å². The van der Waals surface area contributed by atoms with E-state index in [-0.39, 0.29) is 17.5 Å². The second-order valence-electron chi connectivity index (χ2n) is 4.69. The molecular formula is C9H17NO3S. The molecule has 1 aliphatic carbocycles. The van der Waals surface area contributed by atoms with Crippen LogP contribution in [0.5, 0.6) is 0 Å². The number of aliphatic hydroxyl groups is 1. The van der Waals surface area contributed by atoms with Crippen molar-refractivity contribution in [1.82, 2.24) is 5.32 Å². The minimum atomic E-state index is -3.00. The molecule has 2 N–H and O–H groups in total. The first-order chi connectivity index (χ1) is 6.46. The van der Waals surface area contributed by atoms with E-state index < -0.39 is 15.9 Å². The zero-order valence-electron chi connectivity index (χ0n) is 8.31. The molecule has 0 aromatic carbocycles. The van der Waals surface area contributed by atoms with E-state index in [1.165, 1.54) is 0 Å². The van der Waals surface area contributed by atoms with Gasteiger partial charge in [0, 0.05) is 12.1 Å². The maximum atomic E-state index is 11.2. The first-order valence-electron chi connectivity index (χ1n) is 5.11. The molecule has 0 bridgehead atoms. The molecule has 1 saturated heterocycles. The maximum absolute atomic E-state index is 11.2. The van der Waals surface area contributed by atoms with Crippen LogP contribution in [-0.2, 0) is 9.84 Å². The molecule has 2 fully saturated rings. The van der Waals surface area contributed by atoms with Crippen molar-refractivity contribution in [1.29, 1.82) is 0 Å². The summed E-state index contributed by atoms with van der Waals surface area (Å²) in [6.45, 7) is 2.18. The molecule has 1 saturated carbocycles. The Balaban J connectivity index is 1.87. The lowest BCUT2D eigenvalue weighted by molar-refractivity contribution is 0.134. The average Bonchev–Trinajstić information content (AvgIpc) is 2.22. The van der Waals surface area contributed by atoms with Gasteiger partial charge in [0.1, 0.15) is 0 Å². The van der Waals surface area contributed by atoms with Crippen LogP contribution in [0.15, 0.2) is 0 Å². The van der Waals surface area contributed by atoms with Crippen molar-refractivity contribution in [3.63, 3.8) is 0 Å². The van der Waals surface area contributed by atoms with E-state index in [1.54, 1.807) is 0 Å². The fourth-order valence-electron chi connectivity index (χ4n) is 2.33. The smallest absolute Gasteiger partial charge is 0.154 e. The van der Waals surface area contributed by atoms with E-state index in [2.05, 4.69) is 12.2 Å². The summed E-state index contributed by atoms with van der Waals surface area (Å²) in [7, 11) is -3.00. The van der Waals surface area contributed by atoms with Gasteiger partial charge < -0.3 is 10.4 Å². The molecule has 82 valence electrons. The second kappa shape index (κ2) is 3.47. The largest absolute Gasteiger partial charge is 0.390 e. The standard InChI is InChI=1S/C9H17NO3S/c1-6-2-7(3-6)10-8-4-14(12,13)5-9(8)11/h6-11H,2-5H2,1H3. The molecule has 0 radical (unpaired) electrons. The summed E-state index contributed by atoms with van der Waals surface area (Å²) >= 11 is 0. The fourth-order valence-corrected chi connectivity index (χ4v) is 4.08. The van der Waals surface area contributed by atoms with E-state index in [4.69, 9.17) is 0 Å². The fraction of sp³-hybridized carbons (Fsp3) is 1.00. The van der Waals surface area contributed by atoms with Gasteiger partial charge in [-0.2, -0.15) is 0 Å². The number of nitrogens with one attached hydrogen (secondary N) is 1. The zero-order chi connectivity index (χ0) is 10.3. The summed E-state index contributed by atoms with van der Waals surface area (Å²) in [5, 5.41) is 12.7. The van der Waals surface area contributed by atoms with Gasteiger partial charge in [-0.05, 0) is 18.8 Å². The predicted molar refractivity (Wildman–Crippen MR) is 53.8 cm³/mol. The normalized spacial score (nSPS) is 46.1. The Morgan fingerprint density at radius 3 is 2.36 bits per heavy atom. The molecule has 2 aliphatic rings. The van der Waals surface area contributed by atoms with E-state index >= 15 is 0 Å². The lowest BCUT2D eigenvalue weighted by atomic mass is 9.81. The van der Waals surface area contributed by atoms with Gasteiger partial charge in [0.25, 0.3) is 0 Å². The Hall–Kier alpha value is -0.130. The lowest BCUT2D eigenvalue weighted by Gasteiger charge is -2.36. The molecule has 14 heavy (non-hydrogen) atoms. The first kappa shape index (κ1) is 10.4. The monoisotopic (exact) mass is 219 g/mol. The van der Waals surface area contributed by atoms with Crippen LogP contribution in [-0.4, -0.2) is 43.2 Å². The van der Waals surface area contributed by atoms with Gasteiger partial charge in [-0.25, -0.2) is 8.42 Å². The van der Waals surface area contributed by atoms with E-state index in [0.717, 1.165) is 18.8 Å². The van der Waals surface area contributed by atoms with Crippen molar-refractivity contribution in [3.05, 3.63) is 0 Å². The van der Waals surface area contributed by atoms with Gasteiger partial charge >= 0.3 is 0 Å². The molecule has 2 rings (SSSR count). The van der Waals surface area contributed by atoms with Crippen LogP contribution in [0.3, 0.4) is 0 Å². The Kier molecular flexibility index (Phi) is 2.57. The Morgan fingerprint density at radius 2 is 1.93 bits per heavy atom. The number of aliphatic hydroxyl groups excluding tert-OH is 1. The molecule has 2 atom stereocenters. The van der Waals surface area contributed by atoms with Crippen LogP contribution in [0.4, 0.5) is 0 Å².